The van der Waals surface area contributed by atoms with Gasteiger partial charge in [0.05, 0.1) is 6.04 Å². The van der Waals surface area contributed by atoms with E-state index in [1.807, 2.05) is 0 Å². The SMILES string of the molecule is CCCNc1ncnc(NC(C)c2ccccc2C)c1Br. The van der Waals surface area contributed by atoms with E-state index in [1.54, 1.807) is 6.33 Å². The number of nitrogens with one attached hydrogen (secondary N) is 2. The number of rotatable bonds is 6. The highest BCUT2D eigenvalue weighted by Crippen LogP contribution is 2.30. The molecule has 1 unspecified atom stereocenters. The summed E-state index contributed by atoms with van der Waals surface area (Å²) in [6.07, 6.45) is 2.63. The first-order valence-electron chi connectivity index (χ1n) is 7.20. The van der Waals surface area contributed by atoms with Crippen molar-refractivity contribution in [2.45, 2.75) is 33.2 Å². The number of aryl methyl sites for hydroxylation is 1. The fraction of sp³-hybridized carbons (Fsp3) is 0.375. The van der Waals surface area contributed by atoms with Crippen LogP contribution in [0.1, 0.15) is 37.4 Å². The number of benzene rings is 1. The molecule has 1 aromatic carbocycles. The van der Waals surface area contributed by atoms with Crippen LogP contribution in [-0.4, -0.2) is 16.5 Å². The van der Waals surface area contributed by atoms with Gasteiger partial charge in [-0.25, -0.2) is 9.97 Å². The van der Waals surface area contributed by atoms with E-state index in [4.69, 9.17) is 0 Å². The second-order valence-corrected chi connectivity index (χ2v) is 5.83. The third kappa shape index (κ3) is 3.94. The van der Waals surface area contributed by atoms with Crippen molar-refractivity contribution in [3.05, 3.63) is 46.2 Å². The van der Waals surface area contributed by atoms with Crippen LogP contribution < -0.4 is 10.6 Å². The highest BCUT2D eigenvalue weighted by Gasteiger charge is 2.13. The largest absolute Gasteiger partial charge is 0.369 e. The minimum atomic E-state index is 0.177. The maximum atomic E-state index is 4.33. The van der Waals surface area contributed by atoms with Gasteiger partial charge in [0.15, 0.2) is 0 Å². The summed E-state index contributed by atoms with van der Waals surface area (Å²) >= 11 is 3.58. The molecule has 0 spiro atoms. The molecule has 2 aromatic rings. The molecule has 0 amide bonds. The third-order valence-corrected chi connectivity index (χ3v) is 4.09. The van der Waals surface area contributed by atoms with E-state index in [2.05, 4.69) is 81.6 Å². The minimum absolute atomic E-state index is 0.177. The lowest BCUT2D eigenvalue weighted by molar-refractivity contribution is 0.859. The van der Waals surface area contributed by atoms with Gasteiger partial charge in [-0.2, -0.15) is 0 Å². The van der Waals surface area contributed by atoms with Gasteiger partial charge in [0, 0.05) is 6.54 Å². The number of nitrogens with zero attached hydrogens (tertiary/aromatic N) is 2. The predicted octanol–water partition coefficient (Wildman–Crippen LogP) is 4.54. The van der Waals surface area contributed by atoms with Gasteiger partial charge in [0.25, 0.3) is 0 Å². The summed E-state index contributed by atoms with van der Waals surface area (Å²) in [5.41, 5.74) is 2.54. The van der Waals surface area contributed by atoms with Crippen molar-refractivity contribution < 1.29 is 0 Å². The van der Waals surface area contributed by atoms with E-state index >= 15 is 0 Å². The van der Waals surface area contributed by atoms with Gasteiger partial charge in [-0.15, -0.1) is 0 Å². The van der Waals surface area contributed by atoms with Crippen LogP contribution in [0.3, 0.4) is 0 Å². The molecule has 0 saturated heterocycles. The zero-order valence-corrected chi connectivity index (χ0v) is 14.2. The molecule has 5 heteroatoms. The van der Waals surface area contributed by atoms with E-state index in [0.717, 1.165) is 29.1 Å². The molecule has 0 aliphatic rings. The van der Waals surface area contributed by atoms with Crippen molar-refractivity contribution in [2.75, 3.05) is 17.2 Å². The molecule has 2 N–H and O–H groups in total. The Morgan fingerprint density at radius 2 is 1.90 bits per heavy atom. The Balaban J connectivity index is 2.18. The summed E-state index contributed by atoms with van der Waals surface area (Å²) in [6, 6.07) is 8.55. The zero-order chi connectivity index (χ0) is 15.2. The molecule has 1 atom stereocenters. The molecular formula is C16H21BrN4. The van der Waals surface area contributed by atoms with Crippen LogP contribution in [0.4, 0.5) is 11.6 Å². The molecule has 0 saturated carbocycles. The second-order valence-electron chi connectivity index (χ2n) is 5.03. The van der Waals surface area contributed by atoms with E-state index in [0.29, 0.717) is 0 Å². The van der Waals surface area contributed by atoms with E-state index in [9.17, 15) is 0 Å². The van der Waals surface area contributed by atoms with Crippen molar-refractivity contribution in [1.82, 2.24) is 9.97 Å². The Bertz CT molecular complexity index is 601. The number of anilines is 2. The molecule has 1 heterocycles. The molecule has 0 aliphatic carbocycles. The zero-order valence-electron chi connectivity index (χ0n) is 12.7. The lowest BCUT2D eigenvalue weighted by Gasteiger charge is -2.18. The molecule has 0 aliphatic heterocycles. The van der Waals surface area contributed by atoms with Crippen molar-refractivity contribution in [3.8, 4) is 0 Å². The first-order chi connectivity index (χ1) is 10.1. The Hall–Kier alpha value is -1.62. The fourth-order valence-electron chi connectivity index (χ4n) is 2.19. The molecule has 0 fully saturated rings. The number of halogens is 1. The second kappa shape index (κ2) is 7.41. The summed E-state index contributed by atoms with van der Waals surface area (Å²) < 4.78 is 0.874. The Kier molecular flexibility index (Phi) is 5.56. The Labute approximate surface area is 134 Å². The summed E-state index contributed by atoms with van der Waals surface area (Å²) in [6.45, 7) is 7.27. The smallest absolute Gasteiger partial charge is 0.146 e. The molecule has 21 heavy (non-hydrogen) atoms. The molecular weight excluding hydrogens is 328 g/mol. The summed E-state index contributed by atoms with van der Waals surface area (Å²) in [4.78, 5) is 8.60. The van der Waals surface area contributed by atoms with E-state index in [1.165, 1.54) is 11.1 Å². The van der Waals surface area contributed by atoms with Crippen LogP contribution in [0.2, 0.25) is 0 Å². The maximum Gasteiger partial charge on any atom is 0.146 e. The quantitative estimate of drug-likeness (QED) is 0.804. The summed E-state index contributed by atoms with van der Waals surface area (Å²) in [7, 11) is 0. The van der Waals surface area contributed by atoms with Gasteiger partial charge in [-0.05, 0) is 47.3 Å². The monoisotopic (exact) mass is 348 g/mol. The maximum absolute atomic E-state index is 4.33. The first kappa shape index (κ1) is 15.8. The number of hydrogen-bond acceptors (Lipinski definition) is 4. The highest BCUT2D eigenvalue weighted by atomic mass is 79.9. The topological polar surface area (TPSA) is 49.8 Å². The van der Waals surface area contributed by atoms with Crippen LogP contribution in [0.15, 0.2) is 35.1 Å². The van der Waals surface area contributed by atoms with E-state index < -0.39 is 0 Å². The Morgan fingerprint density at radius 3 is 2.62 bits per heavy atom. The average Bonchev–Trinajstić information content (AvgIpc) is 2.48. The predicted molar refractivity (Wildman–Crippen MR) is 91.7 cm³/mol. The molecule has 0 bridgehead atoms. The van der Waals surface area contributed by atoms with Gasteiger partial charge in [-0.1, -0.05) is 31.2 Å². The summed E-state index contributed by atoms with van der Waals surface area (Å²) in [5.74, 6) is 1.63. The third-order valence-electron chi connectivity index (χ3n) is 3.34. The average molecular weight is 349 g/mol. The van der Waals surface area contributed by atoms with Crippen LogP contribution in [-0.2, 0) is 0 Å². The van der Waals surface area contributed by atoms with Gasteiger partial charge in [-0.3, -0.25) is 0 Å². The van der Waals surface area contributed by atoms with Gasteiger partial charge < -0.3 is 10.6 Å². The van der Waals surface area contributed by atoms with Crippen molar-refractivity contribution >= 4 is 27.6 Å². The normalized spacial score (nSPS) is 12.0. The highest BCUT2D eigenvalue weighted by molar-refractivity contribution is 9.10. The van der Waals surface area contributed by atoms with Crippen molar-refractivity contribution in [1.29, 1.82) is 0 Å². The molecule has 1 aromatic heterocycles. The van der Waals surface area contributed by atoms with Gasteiger partial charge >= 0.3 is 0 Å². The minimum Gasteiger partial charge on any atom is -0.369 e. The lowest BCUT2D eigenvalue weighted by atomic mass is 10.0. The molecule has 112 valence electrons. The Morgan fingerprint density at radius 1 is 1.19 bits per heavy atom. The fourth-order valence-corrected chi connectivity index (χ4v) is 2.65. The standard InChI is InChI=1S/C16H21BrN4/c1-4-9-18-15-14(17)16(20-10-19-15)21-12(3)13-8-6-5-7-11(13)2/h5-8,10,12H,4,9H2,1-3H3,(H2,18,19,20,21). The summed E-state index contributed by atoms with van der Waals surface area (Å²) in [5, 5.41) is 6.74. The van der Waals surface area contributed by atoms with Gasteiger partial charge in [0.2, 0.25) is 0 Å². The van der Waals surface area contributed by atoms with Crippen LogP contribution in [0.5, 0.6) is 0 Å². The number of aromatic nitrogens is 2. The first-order valence-corrected chi connectivity index (χ1v) is 7.99. The molecule has 4 nitrogen and oxygen atoms in total. The number of hydrogen-bond donors (Lipinski definition) is 2. The lowest BCUT2D eigenvalue weighted by Crippen LogP contribution is -2.11. The van der Waals surface area contributed by atoms with Gasteiger partial charge in [0.1, 0.15) is 22.4 Å². The molecule has 2 rings (SSSR count). The van der Waals surface area contributed by atoms with E-state index in [-0.39, 0.29) is 6.04 Å². The van der Waals surface area contributed by atoms with Crippen LogP contribution in [0.25, 0.3) is 0 Å². The van der Waals surface area contributed by atoms with Crippen molar-refractivity contribution in [2.24, 2.45) is 0 Å². The van der Waals surface area contributed by atoms with Crippen molar-refractivity contribution in [3.63, 3.8) is 0 Å². The van der Waals surface area contributed by atoms with Crippen LogP contribution >= 0.6 is 15.9 Å². The van der Waals surface area contributed by atoms with Crippen LogP contribution in [0, 0.1) is 6.92 Å². The molecule has 0 radical (unpaired) electrons.